The van der Waals surface area contributed by atoms with Crippen molar-refractivity contribution in [1.29, 1.82) is 0 Å². The largest absolute Gasteiger partial charge is 0.375 e. The van der Waals surface area contributed by atoms with Gasteiger partial charge < -0.3 is 4.74 Å². The van der Waals surface area contributed by atoms with Crippen LogP contribution in [-0.2, 0) is 11.8 Å². The van der Waals surface area contributed by atoms with Crippen molar-refractivity contribution in [3.05, 3.63) is 22.0 Å². The van der Waals surface area contributed by atoms with Crippen LogP contribution in [-0.4, -0.2) is 21.8 Å². The van der Waals surface area contributed by atoms with Crippen LogP contribution < -0.4 is 0 Å². The van der Waals surface area contributed by atoms with Gasteiger partial charge in [0.2, 0.25) is 0 Å². The van der Waals surface area contributed by atoms with Crippen LogP contribution in [0.5, 0.6) is 0 Å². The summed E-state index contributed by atoms with van der Waals surface area (Å²) in [6.45, 7) is 1.74. The van der Waals surface area contributed by atoms with Crippen LogP contribution in [0.15, 0.2) is 6.20 Å². The molecule has 6 nitrogen and oxygen atoms in total. The summed E-state index contributed by atoms with van der Waals surface area (Å²) in [6, 6.07) is 0. The Hall–Kier alpha value is -1.43. The van der Waals surface area contributed by atoms with Crippen LogP contribution in [0.1, 0.15) is 18.7 Å². The van der Waals surface area contributed by atoms with Gasteiger partial charge in [-0.3, -0.25) is 14.8 Å². The number of nitrogens with zero attached hydrogens (tertiary/aromatic N) is 3. The molecule has 1 heterocycles. The average Bonchev–Trinajstić information content (AvgIpc) is 2.46. The first kappa shape index (κ1) is 9.66. The minimum Gasteiger partial charge on any atom is -0.375 e. The first-order valence-corrected chi connectivity index (χ1v) is 3.77. The lowest BCUT2D eigenvalue weighted by Gasteiger charge is -2.08. The van der Waals surface area contributed by atoms with Crippen molar-refractivity contribution < 1.29 is 9.66 Å². The topological polar surface area (TPSA) is 70.2 Å². The summed E-state index contributed by atoms with van der Waals surface area (Å²) in [5.74, 6) is 0. The zero-order valence-electron chi connectivity index (χ0n) is 7.72. The quantitative estimate of drug-likeness (QED) is 0.521. The molecule has 72 valence electrons. The van der Waals surface area contributed by atoms with E-state index in [1.807, 2.05) is 0 Å². The van der Waals surface area contributed by atoms with Crippen LogP contribution >= 0.6 is 0 Å². The summed E-state index contributed by atoms with van der Waals surface area (Å²) >= 11 is 0. The lowest BCUT2D eigenvalue weighted by Crippen LogP contribution is -2.06. The van der Waals surface area contributed by atoms with Crippen molar-refractivity contribution >= 4 is 5.69 Å². The number of methoxy groups -OCH3 is 1. The minimum atomic E-state index is -0.460. The van der Waals surface area contributed by atoms with Crippen LogP contribution in [0.3, 0.4) is 0 Å². The first-order chi connectivity index (χ1) is 6.07. The van der Waals surface area contributed by atoms with Crippen LogP contribution in [0.2, 0.25) is 0 Å². The van der Waals surface area contributed by atoms with Crippen molar-refractivity contribution in [1.82, 2.24) is 9.78 Å². The molecule has 1 atom stereocenters. The van der Waals surface area contributed by atoms with Crippen molar-refractivity contribution in [3.63, 3.8) is 0 Å². The van der Waals surface area contributed by atoms with Crippen LogP contribution in [0, 0.1) is 10.1 Å². The molecule has 1 aromatic rings. The Labute approximate surface area is 75.3 Å². The Bertz CT molecular complexity index is 321. The highest BCUT2D eigenvalue weighted by Crippen LogP contribution is 2.25. The predicted octanol–water partition coefficient (Wildman–Crippen LogP) is 1.04. The van der Waals surface area contributed by atoms with E-state index < -0.39 is 4.92 Å². The van der Waals surface area contributed by atoms with E-state index in [0.717, 1.165) is 0 Å². The predicted molar refractivity (Wildman–Crippen MR) is 45.3 cm³/mol. The van der Waals surface area contributed by atoms with E-state index in [0.29, 0.717) is 5.69 Å². The highest BCUT2D eigenvalue weighted by Gasteiger charge is 2.23. The molecule has 0 aliphatic heterocycles. The smallest absolute Gasteiger partial charge is 0.312 e. The standard InChI is InChI=1S/C7H11N3O3/c1-5(13-3)7-6(10(11)12)4-8-9(7)2/h4-5H,1-3H3. The molecule has 0 aliphatic rings. The van der Waals surface area contributed by atoms with Crippen molar-refractivity contribution in [3.8, 4) is 0 Å². The highest BCUT2D eigenvalue weighted by molar-refractivity contribution is 5.34. The first-order valence-electron chi connectivity index (χ1n) is 3.77. The van der Waals surface area contributed by atoms with E-state index in [9.17, 15) is 10.1 Å². The lowest BCUT2D eigenvalue weighted by atomic mass is 10.2. The molecule has 13 heavy (non-hydrogen) atoms. The summed E-state index contributed by atoms with van der Waals surface area (Å²) in [6.07, 6.45) is 0.901. The van der Waals surface area contributed by atoms with E-state index in [-0.39, 0.29) is 11.8 Å². The van der Waals surface area contributed by atoms with Gasteiger partial charge in [-0.1, -0.05) is 0 Å². The third-order valence-electron chi connectivity index (χ3n) is 1.90. The molecule has 0 radical (unpaired) electrons. The number of nitro groups is 1. The van der Waals surface area contributed by atoms with Gasteiger partial charge in [0, 0.05) is 14.2 Å². The summed E-state index contributed by atoms with van der Waals surface area (Å²) < 4.78 is 6.45. The van der Waals surface area contributed by atoms with Gasteiger partial charge in [-0.2, -0.15) is 5.10 Å². The van der Waals surface area contributed by atoms with Gasteiger partial charge in [-0.25, -0.2) is 0 Å². The monoisotopic (exact) mass is 185 g/mol. The van der Waals surface area contributed by atoms with E-state index in [1.165, 1.54) is 18.0 Å². The lowest BCUT2D eigenvalue weighted by molar-refractivity contribution is -0.386. The number of hydrogen-bond donors (Lipinski definition) is 0. The maximum absolute atomic E-state index is 10.6. The maximum Gasteiger partial charge on any atom is 0.312 e. The normalized spacial score (nSPS) is 12.8. The number of aromatic nitrogens is 2. The summed E-state index contributed by atoms with van der Waals surface area (Å²) in [7, 11) is 3.15. The van der Waals surface area contributed by atoms with Crippen LogP contribution in [0.25, 0.3) is 0 Å². The van der Waals surface area contributed by atoms with Gasteiger partial charge >= 0.3 is 5.69 Å². The van der Waals surface area contributed by atoms with Crippen molar-refractivity contribution in [2.75, 3.05) is 7.11 Å². The number of rotatable bonds is 3. The summed E-state index contributed by atoms with van der Waals surface area (Å²) in [5.41, 5.74) is 0.476. The third kappa shape index (κ3) is 1.67. The Balaban J connectivity index is 3.15. The van der Waals surface area contributed by atoms with Gasteiger partial charge in [0.05, 0.1) is 4.92 Å². The molecule has 1 rings (SSSR count). The molecule has 0 aromatic carbocycles. The molecular weight excluding hydrogens is 174 g/mol. The number of aryl methyl sites for hydroxylation is 1. The van der Waals surface area contributed by atoms with Crippen LogP contribution in [0.4, 0.5) is 5.69 Å². The Morgan fingerprint density at radius 3 is 2.85 bits per heavy atom. The molecule has 0 fully saturated rings. The molecule has 0 bridgehead atoms. The van der Waals surface area contributed by atoms with Crippen molar-refractivity contribution in [2.45, 2.75) is 13.0 Å². The molecule has 6 heteroatoms. The zero-order valence-corrected chi connectivity index (χ0v) is 7.72. The summed E-state index contributed by atoms with van der Waals surface area (Å²) in [5, 5.41) is 14.4. The van der Waals surface area contributed by atoms with E-state index >= 15 is 0 Å². The molecule has 0 saturated carbocycles. The third-order valence-corrected chi connectivity index (χ3v) is 1.90. The number of ether oxygens (including phenoxy) is 1. The molecule has 1 aromatic heterocycles. The molecule has 0 spiro atoms. The Morgan fingerprint density at radius 1 is 1.77 bits per heavy atom. The van der Waals surface area contributed by atoms with E-state index in [2.05, 4.69) is 5.10 Å². The van der Waals surface area contributed by atoms with E-state index in [1.54, 1.807) is 14.0 Å². The molecule has 0 saturated heterocycles. The average molecular weight is 185 g/mol. The van der Waals surface area contributed by atoms with Gasteiger partial charge in [0.1, 0.15) is 18.0 Å². The fourth-order valence-electron chi connectivity index (χ4n) is 1.16. The fourth-order valence-corrected chi connectivity index (χ4v) is 1.16. The second kappa shape index (κ2) is 3.53. The van der Waals surface area contributed by atoms with E-state index in [4.69, 9.17) is 4.74 Å². The second-order valence-corrected chi connectivity index (χ2v) is 2.67. The number of hydrogen-bond acceptors (Lipinski definition) is 4. The zero-order chi connectivity index (χ0) is 10.0. The molecule has 0 amide bonds. The van der Waals surface area contributed by atoms with Gasteiger partial charge in [-0.05, 0) is 6.92 Å². The minimum absolute atomic E-state index is 0.00292. The Kier molecular flexibility index (Phi) is 2.62. The SMILES string of the molecule is COC(C)c1c([N+](=O)[O-])cnn1C. The van der Waals surface area contributed by atoms with Gasteiger partial charge in [0.15, 0.2) is 0 Å². The summed E-state index contributed by atoms with van der Waals surface area (Å²) in [4.78, 5) is 10.1. The molecule has 0 aliphatic carbocycles. The van der Waals surface area contributed by atoms with Crippen molar-refractivity contribution in [2.24, 2.45) is 7.05 Å². The fraction of sp³-hybridized carbons (Fsp3) is 0.571. The molecule has 1 unspecified atom stereocenters. The maximum atomic E-state index is 10.6. The molecule has 0 N–H and O–H groups in total. The second-order valence-electron chi connectivity index (χ2n) is 2.67. The Morgan fingerprint density at radius 2 is 2.38 bits per heavy atom. The molecular formula is C7H11N3O3. The van der Waals surface area contributed by atoms with Gasteiger partial charge in [-0.15, -0.1) is 0 Å². The van der Waals surface area contributed by atoms with Gasteiger partial charge in [0.25, 0.3) is 0 Å². The highest BCUT2D eigenvalue weighted by atomic mass is 16.6.